The third-order valence-corrected chi connectivity index (χ3v) is 3.54. The third-order valence-electron chi connectivity index (χ3n) is 3.54. The predicted octanol–water partition coefficient (Wildman–Crippen LogP) is 0.876. The van der Waals surface area contributed by atoms with Crippen LogP contribution in [0.4, 0.5) is 11.4 Å². The first kappa shape index (κ1) is 14.2. The summed E-state index contributed by atoms with van der Waals surface area (Å²) in [6.07, 6.45) is 1.24. The number of carbonyl (C=O) groups is 2. The number of amides is 1. The molecule has 0 spiro atoms. The topological polar surface area (TPSA) is 98.6 Å². The van der Waals surface area contributed by atoms with E-state index >= 15 is 0 Å². The summed E-state index contributed by atoms with van der Waals surface area (Å²) in [7, 11) is 1.38. The second-order valence-corrected chi connectivity index (χ2v) is 4.98. The highest BCUT2D eigenvalue weighted by atomic mass is 16.5. The SMILES string of the molecule is COC(=O)C1CCN(C(=O)c2cc(N)cc(N)c2)CC1. The highest BCUT2D eigenvalue weighted by Crippen LogP contribution is 2.21. The molecular formula is C14H19N3O3. The maximum atomic E-state index is 12.3. The number of nitrogens with zero attached hydrogens (tertiary/aromatic N) is 1. The Hall–Kier alpha value is -2.24. The maximum Gasteiger partial charge on any atom is 0.308 e. The molecule has 0 aromatic heterocycles. The van der Waals surface area contributed by atoms with Crippen LogP contribution in [0, 0.1) is 5.92 Å². The number of methoxy groups -OCH3 is 1. The predicted molar refractivity (Wildman–Crippen MR) is 75.9 cm³/mol. The van der Waals surface area contributed by atoms with E-state index in [2.05, 4.69) is 0 Å². The van der Waals surface area contributed by atoms with Gasteiger partial charge in [-0.05, 0) is 31.0 Å². The lowest BCUT2D eigenvalue weighted by Gasteiger charge is -2.30. The highest BCUT2D eigenvalue weighted by Gasteiger charge is 2.28. The van der Waals surface area contributed by atoms with E-state index in [0.717, 1.165) is 0 Å². The molecule has 1 heterocycles. The van der Waals surface area contributed by atoms with Gasteiger partial charge in [0.05, 0.1) is 13.0 Å². The standard InChI is InChI=1S/C14H19N3O3/c1-20-14(19)9-2-4-17(5-3-9)13(18)10-6-11(15)8-12(16)7-10/h6-9H,2-5,15-16H2,1H3. The Morgan fingerprint density at radius 1 is 1.15 bits per heavy atom. The van der Waals surface area contributed by atoms with Crippen molar-refractivity contribution < 1.29 is 14.3 Å². The molecule has 20 heavy (non-hydrogen) atoms. The van der Waals surface area contributed by atoms with Gasteiger partial charge in [-0.1, -0.05) is 0 Å². The molecule has 0 bridgehead atoms. The van der Waals surface area contributed by atoms with Gasteiger partial charge < -0.3 is 21.1 Å². The number of benzene rings is 1. The first-order valence-electron chi connectivity index (χ1n) is 6.54. The summed E-state index contributed by atoms with van der Waals surface area (Å²) in [6, 6.07) is 4.84. The Morgan fingerprint density at radius 2 is 1.70 bits per heavy atom. The third kappa shape index (κ3) is 3.01. The maximum absolute atomic E-state index is 12.3. The molecule has 0 unspecified atom stereocenters. The van der Waals surface area contributed by atoms with E-state index in [0.29, 0.717) is 42.9 Å². The van der Waals surface area contributed by atoms with Crippen LogP contribution < -0.4 is 11.5 Å². The Balaban J connectivity index is 2.03. The van der Waals surface area contributed by atoms with Crippen molar-refractivity contribution in [3.63, 3.8) is 0 Å². The van der Waals surface area contributed by atoms with Crippen molar-refractivity contribution in [2.24, 2.45) is 5.92 Å². The molecule has 1 fully saturated rings. The molecule has 1 aliphatic rings. The van der Waals surface area contributed by atoms with Gasteiger partial charge in [0.1, 0.15) is 0 Å². The second kappa shape index (κ2) is 5.81. The van der Waals surface area contributed by atoms with Crippen LogP contribution in [0.2, 0.25) is 0 Å². The molecule has 2 rings (SSSR count). The number of anilines is 2. The molecule has 0 atom stereocenters. The average molecular weight is 277 g/mol. The van der Waals surface area contributed by atoms with Crippen LogP contribution in [0.5, 0.6) is 0 Å². The van der Waals surface area contributed by atoms with Crippen molar-refractivity contribution in [1.29, 1.82) is 0 Å². The number of ether oxygens (including phenoxy) is 1. The summed E-state index contributed by atoms with van der Waals surface area (Å²) in [4.78, 5) is 25.5. The first-order chi connectivity index (χ1) is 9.51. The molecule has 0 saturated carbocycles. The molecule has 0 aliphatic carbocycles. The molecule has 6 nitrogen and oxygen atoms in total. The van der Waals surface area contributed by atoms with Gasteiger partial charge in [-0.2, -0.15) is 0 Å². The van der Waals surface area contributed by atoms with Gasteiger partial charge in [-0.3, -0.25) is 9.59 Å². The summed E-state index contributed by atoms with van der Waals surface area (Å²) >= 11 is 0. The zero-order valence-corrected chi connectivity index (χ0v) is 11.5. The molecule has 108 valence electrons. The van der Waals surface area contributed by atoms with Crippen LogP contribution >= 0.6 is 0 Å². The quantitative estimate of drug-likeness (QED) is 0.617. The van der Waals surface area contributed by atoms with Gasteiger partial charge in [0.15, 0.2) is 0 Å². The van der Waals surface area contributed by atoms with Gasteiger partial charge in [-0.15, -0.1) is 0 Å². The summed E-state index contributed by atoms with van der Waals surface area (Å²) in [5.74, 6) is -0.424. The molecule has 0 radical (unpaired) electrons. The van der Waals surface area contributed by atoms with Crippen LogP contribution in [0.15, 0.2) is 18.2 Å². The van der Waals surface area contributed by atoms with Gasteiger partial charge >= 0.3 is 5.97 Å². The van der Waals surface area contributed by atoms with Crippen LogP contribution in [-0.4, -0.2) is 37.0 Å². The number of nitrogen functional groups attached to an aromatic ring is 2. The number of carbonyl (C=O) groups excluding carboxylic acids is 2. The van der Waals surface area contributed by atoms with E-state index in [4.69, 9.17) is 16.2 Å². The van der Waals surface area contributed by atoms with Gasteiger partial charge in [0.25, 0.3) is 5.91 Å². The Bertz CT molecular complexity index is 502. The lowest BCUT2D eigenvalue weighted by Crippen LogP contribution is -2.40. The Labute approximate surface area is 117 Å². The molecule has 4 N–H and O–H groups in total. The van der Waals surface area contributed by atoms with Crippen molar-refractivity contribution in [2.75, 3.05) is 31.7 Å². The smallest absolute Gasteiger partial charge is 0.308 e. The number of piperidine rings is 1. The molecule has 1 aliphatic heterocycles. The van der Waals surface area contributed by atoms with E-state index in [1.54, 1.807) is 23.1 Å². The summed E-state index contributed by atoms with van der Waals surface area (Å²) in [5.41, 5.74) is 12.8. The zero-order chi connectivity index (χ0) is 14.7. The fourth-order valence-electron chi connectivity index (χ4n) is 2.47. The molecule has 1 saturated heterocycles. The van der Waals surface area contributed by atoms with Crippen LogP contribution in [0.1, 0.15) is 23.2 Å². The molecular weight excluding hydrogens is 258 g/mol. The lowest BCUT2D eigenvalue weighted by molar-refractivity contribution is -0.146. The lowest BCUT2D eigenvalue weighted by atomic mass is 9.96. The van der Waals surface area contributed by atoms with Crippen molar-refractivity contribution in [1.82, 2.24) is 4.90 Å². The minimum absolute atomic E-state index is 0.104. The Kier molecular flexibility index (Phi) is 4.12. The fraction of sp³-hybridized carbons (Fsp3) is 0.429. The van der Waals surface area contributed by atoms with Crippen molar-refractivity contribution >= 4 is 23.3 Å². The van der Waals surface area contributed by atoms with Crippen molar-refractivity contribution in [3.05, 3.63) is 23.8 Å². The fourth-order valence-corrected chi connectivity index (χ4v) is 2.47. The molecule has 6 heteroatoms. The number of nitrogens with two attached hydrogens (primary N) is 2. The van der Waals surface area contributed by atoms with Crippen molar-refractivity contribution in [2.45, 2.75) is 12.8 Å². The summed E-state index contributed by atoms with van der Waals surface area (Å²) < 4.78 is 4.73. The van der Waals surface area contributed by atoms with Gasteiger partial charge in [0, 0.05) is 30.0 Å². The largest absolute Gasteiger partial charge is 0.469 e. The average Bonchev–Trinajstić information content (AvgIpc) is 2.45. The van der Waals surface area contributed by atoms with Gasteiger partial charge in [-0.25, -0.2) is 0 Å². The van der Waals surface area contributed by atoms with E-state index in [9.17, 15) is 9.59 Å². The number of esters is 1. The second-order valence-electron chi connectivity index (χ2n) is 4.98. The highest BCUT2D eigenvalue weighted by molar-refractivity contribution is 5.96. The number of likely N-dealkylation sites (tertiary alicyclic amines) is 1. The normalized spacial score (nSPS) is 15.9. The molecule has 1 aromatic carbocycles. The van der Waals surface area contributed by atoms with Gasteiger partial charge in [0.2, 0.25) is 0 Å². The van der Waals surface area contributed by atoms with Crippen LogP contribution in [0.3, 0.4) is 0 Å². The molecule has 1 aromatic rings. The van der Waals surface area contributed by atoms with Crippen LogP contribution in [0.25, 0.3) is 0 Å². The van der Waals surface area contributed by atoms with Crippen molar-refractivity contribution in [3.8, 4) is 0 Å². The van der Waals surface area contributed by atoms with E-state index < -0.39 is 0 Å². The molecule has 1 amide bonds. The zero-order valence-electron chi connectivity index (χ0n) is 11.5. The number of hydrogen-bond acceptors (Lipinski definition) is 5. The number of hydrogen-bond donors (Lipinski definition) is 2. The number of rotatable bonds is 2. The Morgan fingerprint density at radius 3 is 2.20 bits per heavy atom. The first-order valence-corrected chi connectivity index (χ1v) is 6.54. The van der Waals surface area contributed by atoms with E-state index in [-0.39, 0.29) is 17.8 Å². The minimum Gasteiger partial charge on any atom is -0.469 e. The van der Waals surface area contributed by atoms with E-state index in [1.165, 1.54) is 7.11 Å². The van der Waals surface area contributed by atoms with Crippen LogP contribution in [-0.2, 0) is 9.53 Å². The minimum atomic E-state index is -0.203. The summed E-state index contributed by atoms with van der Waals surface area (Å²) in [5, 5.41) is 0. The van der Waals surface area contributed by atoms with E-state index in [1.807, 2.05) is 0 Å². The monoisotopic (exact) mass is 277 g/mol. The summed E-state index contributed by atoms with van der Waals surface area (Å²) in [6.45, 7) is 1.07.